The first-order valence-corrected chi connectivity index (χ1v) is 3.99. The Morgan fingerprint density at radius 1 is 1.70 bits per heavy atom. The molecule has 0 aliphatic carbocycles. The maximum absolute atomic E-state index is 5.31. The Morgan fingerprint density at radius 2 is 2.50 bits per heavy atom. The van der Waals surface area contributed by atoms with E-state index >= 15 is 0 Å². The van der Waals surface area contributed by atoms with Crippen molar-refractivity contribution in [2.24, 2.45) is 0 Å². The lowest BCUT2D eigenvalue weighted by molar-refractivity contribution is 0.100. The third kappa shape index (κ3) is 1.96. The largest absolute Gasteiger partial charge is 0.455 e. The van der Waals surface area contributed by atoms with Crippen molar-refractivity contribution in [3.63, 3.8) is 0 Å². The first kappa shape index (κ1) is 8.02. The van der Waals surface area contributed by atoms with E-state index in [0.29, 0.717) is 6.04 Å². The molecule has 60 valence electrons. The lowest BCUT2D eigenvalue weighted by Gasteiger charge is -2.26. The zero-order chi connectivity index (χ0) is 7.40. The van der Waals surface area contributed by atoms with Gasteiger partial charge in [-0.25, -0.2) is 0 Å². The Balaban J connectivity index is 2.14. The van der Waals surface area contributed by atoms with Gasteiger partial charge in [-0.15, -0.1) is 0 Å². The van der Waals surface area contributed by atoms with Crippen LogP contribution in [0.4, 0.5) is 0 Å². The molecule has 0 radical (unpaired) electrons. The van der Waals surface area contributed by atoms with Crippen molar-refractivity contribution in [3.8, 4) is 0 Å². The molecule has 0 spiro atoms. The maximum Gasteiger partial charge on any atom is 0.0597 e. The number of hydrogen-bond acceptors (Lipinski definition) is 2. The van der Waals surface area contributed by atoms with Gasteiger partial charge in [0.25, 0.3) is 0 Å². The van der Waals surface area contributed by atoms with E-state index in [9.17, 15) is 0 Å². The molecule has 1 rings (SSSR count). The van der Waals surface area contributed by atoms with Gasteiger partial charge in [-0.1, -0.05) is 0 Å². The van der Waals surface area contributed by atoms with Gasteiger partial charge in [0.15, 0.2) is 0 Å². The molecule has 0 N–H and O–H groups in total. The van der Waals surface area contributed by atoms with E-state index in [1.807, 2.05) is 6.92 Å². The molecule has 1 heterocycles. The predicted octanol–water partition coefficient (Wildman–Crippen LogP) is 1.28. The molecule has 0 saturated carbocycles. The molecule has 0 aromatic carbocycles. The fourth-order valence-electron chi connectivity index (χ4n) is 1.34. The predicted molar refractivity (Wildman–Crippen MR) is 41.6 cm³/mol. The Labute approximate surface area is 63.2 Å². The third-order valence-corrected chi connectivity index (χ3v) is 2.01. The van der Waals surface area contributed by atoms with Gasteiger partial charge in [0.2, 0.25) is 0 Å². The van der Waals surface area contributed by atoms with Crippen LogP contribution in [0.1, 0.15) is 19.8 Å². The zero-order valence-corrected chi connectivity index (χ0v) is 6.68. The molecule has 1 saturated heterocycles. The summed E-state index contributed by atoms with van der Waals surface area (Å²) < 4.78 is 5.31. The molecular weight excluding hydrogens is 126 g/mol. The van der Waals surface area contributed by atoms with Gasteiger partial charge in [-0.2, -0.15) is 0 Å². The number of nitrogens with zero attached hydrogens (tertiary/aromatic N) is 1. The summed E-state index contributed by atoms with van der Waals surface area (Å²) in [6.45, 7) is 4.85. The fraction of sp³-hybridized carbons (Fsp3) is 0.875. The standard InChI is InChI=1S/C8H16NO/c1-3-10-7-8-5-4-6-9(8)2/h8H,2-7H2,1H3/q-1/t8-/m0/s1. The normalized spacial score (nSPS) is 27.6. The van der Waals surface area contributed by atoms with E-state index in [2.05, 4.69) is 11.9 Å². The summed E-state index contributed by atoms with van der Waals surface area (Å²) in [4.78, 5) is 2.13. The SMILES string of the molecule is [CH2-]N1CCC[C@H]1COCC. The Hall–Kier alpha value is -0.0800. The van der Waals surface area contributed by atoms with Crippen LogP contribution in [0.2, 0.25) is 0 Å². The van der Waals surface area contributed by atoms with Crippen LogP contribution in [0.15, 0.2) is 0 Å². The highest BCUT2D eigenvalue weighted by Crippen LogP contribution is 2.15. The molecular formula is C8H16NO-. The highest BCUT2D eigenvalue weighted by atomic mass is 16.5. The lowest BCUT2D eigenvalue weighted by Crippen LogP contribution is -2.27. The van der Waals surface area contributed by atoms with E-state index in [1.165, 1.54) is 12.8 Å². The van der Waals surface area contributed by atoms with Crippen LogP contribution in [-0.4, -0.2) is 30.7 Å². The number of hydrogen-bond donors (Lipinski definition) is 0. The molecule has 2 nitrogen and oxygen atoms in total. The molecule has 1 aliphatic rings. The summed E-state index contributed by atoms with van der Waals surface area (Å²) in [6.07, 6.45) is 2.53. The van der Waals surface area contributed by atoms with Crippen molar-refractivity contribution < 1.29 is 4.74 Å². The van der Waals surface area contributed by atoms with E-state index in [4.69, 9.17) is 4.74 Å². The van der Waals surface area contributed by atoms with Crippen LogP contribution in [0.25, 0.3) is 0 Å². The van der Waals surface area contributed by atoms with Gasteiger partial charge in [0, 0.05) is 12.6 Å². The maximum atomic E-state index is 5.31. The Kier molecular flexibility index (Phi) is 3.16. The van der Waals surface area contributed by atoms with E-state index in [0.717, 1.165) is 19.8 Å². The second-order valence-electron chi connectivity index (χ2n) is 2.77. The van der Waals surface area contributed by atoms with Crippen LogP contribution in [0.3, 0.4) is 0 Å². The molecule has 0 aromatic rings. The third-order valence-electron chi connectivity index (χ3n) is 2.01. The number of likely N-dealkylation sites (tertiary alicyclic amines) is 1. The first-order chi connectivity index (χ1) is 4.84. The molecule has 2 heteroatoms. The van der Waals surface area contributed by atoms with Crippen molar-refractivity contribution in [1.82, 2.24) is 4.90 Å². The number of rotatable bonds is 3. The summed E-state index contributed by atoms with van der Waals surface area (Å²) in [6, 6.07) is 0.583. The lowest BCUT2D eigenvalue weighted by atomic mass is 10.2. The Morgan fingerprint density at radius 3 is 3.00 bits per heavy atom. The second kappa shape index (κ2) is 3.94. The zero-order valence-electron chi connectivity index (χ0n) is 6.68. The van der Waals surface area contributed by atoms with Crippen molar-refractivity contribution >= 4 is 0 Å². The topological polar surface area (TPSA) is 12.5 Å². The second-order valence-corrected chi connectivity index (χ2v) is 2.77. The number of ether oxygens (including phenoxy) is 1. The van der Waals surface area contributed by atoms with Crippen LogP contribution < -0.4 is 0 Å². The monoisotopic (exact) mass is 142 g/mol. The summed E-state index contributed by atoms with van der Waals surface area (Å²) in [7, 11) is 3.93. The molecule has 0 unspecified atom stereocenters. The van der Waals surface area contributed by atoms with Gasteiger partial charge < -0.3 is 9.64 Å². The molecule has 1 fully saturated rings. The highest BCUT2D eigenvalue weighted by molar-refractivity contribution is 4.77. The minimum absolute atomic E-state index is 0.583. The van der Waals surface area contributed by atoms with Gasteiger partial charge in [-0.3, -0.25) is 7.05 Å². The van der Waals surface area contributed by atoms with Gasteiger partial charge in [0.1, 0.15) is 0 Å². The summed E-state index contributed by atoms with van der Waals surface area (Å²) in [5.74, 6) is 0. The van der Waals surface area contributed by atoms with Gasteiger partial charge in [0.05, 0.1) is 6.61 Å². The van der Waals surface area contributed by atoms with Crippen molar-refractivity contribution in [3.05, 3.63) is 7.05 Å². The van der Waals surface area contributed by atoms with Gasteiger partial charge in [-0.05, 0) is 26.3 Å². The van der Waals surface area contributed by atoms with Crippen LogP contribution in [-0.2, 0) is 4.74 Å². The average molecular weight is 142 g/mol. The molecule has 10 heavy (non-hydrogen) atoms. The van der Waals surface area contributed by atoms with Crippen molar-refractivity contribution in [2.45, 2.75) is 25.8 Å². The summed E-state index contributed by atoms with van der Waals surface area (Å²) in [5, 5.41) is 0. The summed E-state index contributed by atoms with van der Waals surface area (Å²) in [5.41, 5.74) is 0. The van der Waals surface area contributed by atoms with E-state index in [1.54, 1.807) is 0 Å². The molecule has 0 aromatic heterocycles. The fourth-order valence-corrected chi connectivity index (χ4v) is 1.34. The van der Waals surface area contributed by atoms with E-state index in [-0.39, 0.29) is 0 Å². The quantitative estimate of drug-likeness (QED) is 0.550. The molecule has 1 aliphatic heterocycles. The molecule has 1 atom stereocenters. The van der Waals surface area contributed by atoms with Crippen LogP contribution in [0, 0.1) is 7.05 Å². The van der Waals surface area contributed by atoms with Crippen molar-refractivity contribution in [2.75, 3.05) is 19.8 Å². The smallest absolute Gasteiger partial charge is 0.0597 e. The Bertz CT molecular complexity index is 95.3. The summed E-state index contributed by atoms with van der Waals surface area (Å²) >= 11 is 0. The molecule has 0 amide bonds. The average Bonchev–Trinajstić information content (AvgIpc) is 2.31. The highest BCUT2D eigenvalue weighted by Gasteiger charge is 2.15. The van der Waals surface area contributed by atoms with Crippen molar-refractivity contribution in [1.29, 1.82) is 0 Å². The van der Waals surface area contributed by atoms with Crippen LogP contribution in [0.5, 0.6) is 0 Å². The van der Waals surface area contributed by atoms with E-state index < -0.39 is 0 Å². The van der Waals surface area contributed by atoms with Gasteiger partial charge >= 0.3 is 0 Å². The first-order valence-electron chi connectivity index (χ1n) is 3.99. The van der Waals surface area contributed by atoms with Crippen LogP contribution >= 0.6 is 0 Å². The minimum atomic E-state index is 0.583. The molecule has 0 bridgehead atoms. The minimum Gasteiger partial charge on any atom is -0.455 e.